The van der Waals surface area contributed by atoms with Gasteiger partial charge in [0.1, 0.15) is 0 Å². The average molecular weight is 280 g/mol. The van der Waals surface area contributed by atoms with E-state index in [0.29, 0.717) is 6.54 Å². The van der Waals surface area contributed by atoms with Crippen molar-refractivity contribution in [3.05, 3.63) is 30.1 Å². The SMILES string of the molecule is C[C@H]1C[C@H](N)CCN1C(=O)CCOc1ccccc1F. The van der Waals surface area contributed by atoms with Crippen molar-refractivity contribution in [1.82, 2.24) is 4.90 Å². The molecule has 1 fully saturated rings. The number of para-hydroxylation sites is 1. The Labute approximate surface area is 118 Å². The smallest absolute Gasteiger partial charge is 0.226 e. The number of benzene rings is 1. The van der Waals surface area contributed by atoms with Gasteiger partial charge in [0.05, 0.1) is 13.0 Å². The van der Waals surface area contributed by atoms with Crippen molar-refractivity contribution in [1.29, 1.82) is 0 Å². The van der Waals surface area contributed by atoms with Gasteiger partial charge in [-0.15, -0.1) is 0 Å². The molecule has 2 rings (SSSR count). The Bertz CT molecular complexity index is 467. The first kappa shape index (κ1) is 14.8. The Hall–Kier alpha value is -1.62. The highest BCUT2D eigenvalue weighted by Crippen LogP contribution is 2.18. The Morgan fingerprint density at radius 1 is 1.50 bits per heavy atom. The van der Waals surface area contributed by atoms with Gasteiger partial charge in [-0.05, 0) is 31.9 Å². The second kappa shape index (κ2) is 6.70. The Morgan fingerprint density at radius 3 is 2.95 bits per heavy atom. The first-order chi connectivity index (χ1) is 9.58. The number of carbonyl (C=O) groups is 1. The molecule has 0 saturated carbocycles. The first-order valence-corrected chi connectivity index (χ1v) is 7.00. The van der Waals surface area contributed by atoms with Crippen LogP contribution in [0.1, 0.15) is 26.2 Å². The van der Waals surface area contributed by atoms with Crippen molar-refractivity contribution in [2.75, 3.05) is 13.2 Å². The number of piperidine rings is 1. The minimum Gasteiger partial charge on any atom is -0.490 e. The van der Waals surface area contributed by atoms with Crippen LogP contribution in [0.3, 0.4) is 0 Å². The van der Waals surface area contributed by atoms with Gasteiger partial charge in [0.15, 0.2) is 11.6 Å². The number of nitrogens with two attached hydrogens (primary N) is 1. The fourth-order valence-corrected chi connectivity index (χ4v) is 2.53. The number of rotatable bonds is 4. The van der Waals surface area contributed by atoms with Gasteiger partial charge in [-0.1, -0.05) is 12.1 Å². The zero-order chi connectivity index (χ0) is 14.5. The molecular formula is C15H21FN2O2. The number of likely N-dealkylation sites (tertiary alicyclic amines) is 1. The minimum atomic E-state index is -0.405. The van der Waals surface area contributed by atoms with Crippen molar-refractivity contribution < 1.29 is 13.9 Å². The summed E-state index contributed by atoms with van der Waals surface area (Å²) in [5, 5.41) is 0. The third kappa shape index (κ3) is 3.70. The van der Waals surface area contributed by atoms with E-state index >= 15 is 0 Å². The van der Waals surface area contributed by atoms with E-state index in [1.807, 2.05) is 11.8 Å². The Morgan fingerprint density at radius 2 is 2.25 bits per heavy atom. The number of halogens is 1. The van der Waals surface area contributed by atoms with E-state index in [2.05, 4.69) is 0 Å². The van der Waals surface area contributed by atoms with Gasteiger partial charge in [-0.3, -0.25) is 4.79 Å². The summed E-state index contributed by atoms with van der Waals surface area (Å²) in [6.07, 6.45) is 1.93. The summed E-state index contributed by atoms with van der Waals surface area (Å²) in [7, 11) is 0. The number of amides is 1. The molecule has 2 N–H and O–H groups in total. The fourth-order valence-electron chi connectivity index (χ4n) is 2.53. The van der Waals surface area contributed by atoms with E-state index in [-0.39, 0.29) is 36.8 Å². The zero-order valence-corrected chi connectivity index (χ0v) is 11.7. The molecule has 0 radical (unpaired) electrons. The fraction of sp³-hybridized carbons (Fsp3) is 0.533. The number of hydrogen-bond donors (Lipinski definition) is 1. The van der Waals surface area contributed by atoms with Crippen LogP contribution in [0.15, 0.2) is 24.3 Å². The van der Waals surface area contributed by atoms with Crippen molar-refractivity contribution in [2.24, 2.45) is 5.73 Å². The van der Waals surface area contributed by atoms with Crippen LogP contribution in [0.2, 0.25) is 0 Å². The van der Waals surface area contributed by atoms with Gasteiger partial charge >= 0.3 is 0 Å². The van der Waals surface area contributed by atoms with Crippen LogP contribution in [0, 0.1) is 5.82 Å². The molecule has 20 heavy (non-hydrogen) atoms. The number of nitrogens with zero attached hydrogens (tertiary/aromatic N) is 1. The predicted octanol–water partition coefficient (Wildman–Crippen LogP) is 1.93. The van der Waals surface area contributed by atoms with E-state index in [1.54, 1.807) is 18.2 Å². The van der Waals surface area contributed by atoms with Gasteiger partial charge in [0.2, 0.25) is 5.91 Å². The van der Waals surface area contributed by atoms with Crippen LogP contribution in [0.25, 0.3) is 0 Å². The van der Waals surface area contributed by atoms with Crippen LogP contribution in [0.4, 0.5) is 4.39 Å². The second-order valence-corrected chi connectivity index (χ2v) is 5.25. The van der Waals surface area contributed by atoms with Crippen LogP contribution in [-0.4, -0.2) is 36.0 Å². The molecule has 5 heteroatoms. The van der Waals surface area contributed by atoms with E-state index in [0.717, 1.165) is 12.8 Å². The molecule has 0 aliphatic carbocycles. The summed E-state index contributed by atoms with van der Waals surface area (Å²) in [6, 6.07) is 6.55. The van der Waals surface area contributed by atoms with Gasteiger partial charge in [-0.25, -0.2) is 4.39 Å². The summed E-state index contributed by atoms with van der Waals surface area (Å²) in [5.41, 5.74) is 5.88. The highest BCUT2D eigenvalue weighted by Gasteiger charge is 2.26. The summed E-state index contributed by atoms with van der Waals surface area (Å²) in [4.78, 5) is 13.9. The van der Waals surface area contributed by atoms with Gasteiger partial charge in [0, 0.05) is 18.6 Å². The van der Waals surface area contributed by atoms with Crippen LogP contribution in [0.5, 0.6) is 5.75 Å². The van der Waals surface area contributed by atoms with E-state index < -0.39 is 5.82 Å². The monoisotopic (exact) mass is 280 g/mol. The van der Waals surface area contributed by atoms with Crippen molar-refractivity contribution >= 4 is 5.91 Å². The van der Waals surface area contributed by atoms with Crippen molar-refractivity contribution in [3.8, 4) is 5.75 Å². The van der Waals surface area contributed by atoms with E-state index in [9.17, 15) is 9.18 Å². The molecule has 4 nitrogen and oxygen atoms in total. The molecule has 110 valence electrons. The molecular weight excluding hydrogens is 259 g/mol. The molecule has 1 saturated heterocycles. The molecule has 1 aliphatic heterocycles. The number of hydrogen-bond acceptors (Lipinski definition) is 3. The maximum atomic E-state index is 13.3. The Kier molecular flexibility index (Phi) is 4.95. The average Bonchev–Trinajstić information content (AvgIpc) is 2.40. The third-order valence-electron chi connectivity index (χ3n) is 3.65. The normalized spacial score (nSPS) is 22.6. The lowest BCUT2D eigenvalue weighted by molar-refractivity contribution is -0.135. The van der Waals surface area contributed by atoms with Crippen LogP contribution < -0.4 is 10.5 Å². The van der Waals surface area contributed by atoms with Crippen LogP contribution >= 0.6 is 0 Å². The molecule has 0 bridgehead atoms. The summed E-state index contributed by atoms with van der Waals surface area (Å²) in [6.45, 7) is 2.89. The molecule has 0 spiro atoms. The zero-order valence-electron chi connectivity index (χ0n) is 11.7. The van der Waals surface area contributed by atoms with Gasteiger partial charge in [-0.2, -0.15) is 0 Å². The first-order valence-electron chi connectivity index (χ1n) is 7.00. The minimum absolute atomic E-state index is 0.0424. The standard InChI is InChI=1S/C15H21FN2O2/c1-11-10-12(17)6-8-18(11)15(19)7-9-20-14-5-3-2-4-13(14)16/h2-5,11-12H,6-10,17H2,1H3/t11-,12+/m0/s1. The van der Waals surface area contributed by atoms with Gasteiger partial charge in [0.25, 0.3) is 0 Å². The topological polar surface area (TPSA) is 55.6 Å². The summed E-state index contributed by atoms with van der Waals surface area (Å²) < 4.78 is 18.6. The molecule has 1 aliphatic rings. The summed E-state index contributed by atoms with van der Waals surface area (Å²) in [5.74, 6) is -0.174. The van der Waals surface area contributed by atoms with Crippen LogP contribution in [-0.2, 0) is 4.79 Å². The lowest BCUT2D eigenvalue weighted by Crippen LogP contribution is -2.48. The molecule has 2 atom stereocenters. The third-order valence-corrected chi connectivity index (χ3v) is 3.65. The quantitative estimate of drug-likeness (QED) is 0.917. The number of carbonyl (C=O) groups excluding carboxylic acids is 1. The lowest BCUT2D eigenvalue weighted by atomic mass is 9.99. The number of ether oxygens (including phenoxy) is 1. The maximum absolute atomic E-state index is 13.3. The lowest BCUT2D eigenvalue weighted by Gasteiger charge is -2.36. The molecule has 0 aromatic heterocycles. The molecule has 0 unspecified atom stereocenters. The summed E-state index contributed by atoms with van der Waals surface area (Å²) >= 11 is 0. The van der Waals surface area contributed by atoms with E-state index in [4.69, 9.17) is 10.5 Å². The van der Waals surface area contributed by atoms with Gasteiger partial charge < -0.3 is 15.4 Å². The molecule has 1 aromatic rings. The molecule has 1 aromatic carbocycles. The highest BCUT2D eigenvalue weighted by atomic mass is 19.1. The van der Waals surface area contributed by atoms with Crippen molar-refractivity contribution in [3.63, 3.8) is 0 Å². The Balaban J connectivity index is 1.79. The largest absolute Gasteiger partial charge is 0.490 e. The molecule has 1 amide bonds. The highest BCUT2D eigenvalue weighted by molar-refractivity contribution is 5.76. The maximum Gasteiger partial charge on any atom is 0.226 e. The van der Waals surface area contributed by atoms with E-state index in [1.165, 1.54) is 6.07 Å². The molecule has 1 heterocycles. The second-order valence-electron chi connectivity index (χ2n) is 5.25. The predicted molar refractivity (Wildman–Crippen MR) is 74.9 cm³/mol. The van der Waals surface area contributed by atoms with Crippen molar-refractivity contribution in [2.45, 2.75) is 38.3 Å².